The molecule has 0 radical (unpaired) electrons. The van der Waals surface area contributed by atoms with Gasteiger partial charge in [0.1, 0.15) is 6.61 Å². The van der Waals surface area contributed by atoms with Crippen LogP contribution in [0.4, 0.5) is 10.5 Å². The lowest BCUT2D eigenvalue weighted by Gasteiger charge is -2.15. The largest absolute Gasteiger partial charge is 0.493 e. The lowest BCUT2D eigenvalue weighted by atomic mass is 10.1. The number of para-hydroxylation sites is 2. The highest BCUT2D eigenvalue weighted by Gasteiger charge is 2.11. The molecule has 2 aromatic rings. The molecule has 0 spiro atoms. The average Bonchev–Trinajstić information content (AvgIpc) is 2.66. The number of carbonyl (C=O) groups excluding carboxylic acids is 1. The van der Waals surface area contributed by atoms with Gasteiger partial charge in [-0.2, -0.15) is 0 Å². The molecule has 2 rings (SSSR count). The first kappa shape index (κ1) is 19.4. The zero-order valence-corrected chi connectivity index (χ0v) is 15.7. The third-order valence-electron chi connectivity index (χ3n) is 3.99. The van der Waals surface area contributed by atoms with Gasteiger partial charge in [-0.3, -0.25) is 0 Å². The number of methoxy groups -OCH3 is 2. The molecule has 6 heteroatoms. The van der Waals surface area contributed by atoms with Gasteiger partial charge < -0.3 is 24.8 Å². The van der Waals surface area contributed by atoms with Gasteiger partial charge in [-0.25, -0.2) is 4.79 Å². The lowest BCUT2D eigenvalue weighted by Crippen LogP contribution is -2.32. The highest BCUT2D eigenvalue weighted by molar-refractivity contribution is 5.91. The summed E-state index contributed by atoms with van der Waals surface area (Å²) in [5.41, 5.74) is 3.01. The molecule has 0 aromatic heterocycles. The van der Waals surface area contributed by atoms with E-state index in [2.05, 4.69) is 17.6 Å². The lowest BCUT2D eigenvalue weighted by molar-refractivity contribution is 0.245. The number of hydrogen-bond acceptors (Lipinski definition) is 4. The minimum atomic E-state index is -0.254. The van der Waals surface area contributed by atoms with Crippen molar-refractivity contribution in [2.75, 3.05) is 32.7 Å². The van der Waals surface area contributed by atoms with Crippen LogP contribution in [0.5, 0.6) is 17.2 Å². The van der Waals surface area contributed by atoms with E-state index in [1.807, 2.05) is 31.2 Å². The summed E-state index contributed by atoms with van der Waals surface area (Å²) < 4.78 is 16.2. The Morgan fingerprint density at radius 3 is 2.46 bits per heavy atom. The molecule has 0 bridgehead atoms. The number of nitrogens with one attached hydrogen (secondary N) is 2. The summed E-state index contributed by atoms with van der Waals surface area (Å²) in [4.78, 5) is 12.1. The summed E-state index contributed by atoms with van der Waals surface area (Å²) in [6, 6.07) is 11.1. The number of aryl methyl sites for hydroxylation is 2. The molecule has 0 heterocycles. The standard InChI is InChI=1S/C20H26N2O4/c1-5-15-9-6-8-14(2)18(15)22-20(23)21-12-13-26-17-11-7-10-16(24-3)19(17)25-4/h6-11H,5,12-13H2,1-4H3,(H2,21,22,23). The second kappa shape index (κ2) is 9.56. The molecule has 0 aliphatic carbocycles. The summed E-state index contributed by atoms with van der Waals surface area (Å²) >= 11 is 0. The predicted octanol–water partition coefficient (Wildman–Crippen LogP) is 3.78. The van der Waals surface area contributed by atoms with Gasteiger partial charge in [-0.05, 0) is 36.6 Å². The van der Waals surface area contributed by atoms with Gasteiger partial charge in [-0.15, -0.1) is 0 Å². The Morgan fingerprint density at radius 2 is 1.77 bits per heavy atom. The molecule has 0 fully saturated rings. The second-order valence-corrected chi connectivity index (χ2v) is 5.68. The fourth-order valence-corrected chi connectivity index (χ4v) is 2.66. The van der Waals surface area contributed by atoms with E-state index in [-0.39, 0.29) is 6.03 Å². The number of ether oxygens (including phenoxy) is 3. The van der Waals surface area contributed by atoms with Crippen LogP contribution in [0.1, 0.15) is 18.1 Å². The van der Waals surface area contributed by atoms with Crippen molar-refractivity contribution < 1.29 is 19.0 Å². The van der Waals surface area contributed by atoms with Crippen LogP contribution < -0.4 is 24.8 Å². The van der Waals surface area contributed by atoms with Crippen molar-refractivity contribution in [2.24, 2.45) is 0 Å². The number of amides is 2. The van der Waals surface area contributed by atoms with Crippen LogP contribution >= 0.6 is 0 Å². The number of anilines is 1. The van der Waals surface area contributed by atoms with Crippen molar-refractivity contribution in [1.82, 2.24) is 5.32 Å². The van der Waals surface area contributed by atoms with E-state index in [4.69, 9.17) is 14.2 Å². The van der Waals surface area contributed by atoms with Crippen LogP contribution in [0, 0.1) is 6.92 Å². The van der Waals surface area contributed by atoms with Crippen molar-refractivity contribution in [3.05, 3.63) is 47.5 Å². The fourth-order valence-electron chi connectivity index (χ4n) is 2.66. The Labute approximate surface area is 154 Å². The molecule has 6 nitrogen and oxygen atoms in total. The monoisotopic (exact) mass is 358 g/mol. The van der Waals surface area contributed by atoms with Crippen LogP contribution in [0.25, 0.3) is 0 Å². The Bertz CT molecular complexity index is 747. The summed E-state index contributed by atoms with van der Waals surface area (Å²) in [6.07, 6.45) is 0.857. The normalized spacial score (nSPS) is 10.2. The molecular weight excluding hydrogens is 332 g/mol. The molecule has 0 saturated carbocycles. The average molecular weight is 358 g/mol. The van der Waals surface area contributed by atoms with Crippen LogP contribution in [-0.2, 0) is 6.42 Å². The Balaban J connectivity index is 1.87. The third kappa shape index (κ3) is 4.81. The quantitative estimate of drug-likeness (QED) is 0.705. The van der Waals surface area contributed by atoms with Crippen molar-refractivity contribution in [1.29, 1.82) is 0 Å². The summed E-state index contributed by atoms with van der Waals surface area (Å²) in [5.74, 6) is 1.70. The summed E-state index contributed by atoms with van der Waals surface area (Å²) in [5, 5.41) is 5.72. The van der Waals surface area contributed by atoms with Gasteiger partial charge >= 0.3 is 6.03 Å². The Morgan fingerprint density at radius 1 is 1.04 bits per heavy atom. The molecule has 140 valence electrons. The zero-order valence-electron chi connectivity index (χ0n) is 15.7. The smallest absolute Gasteiger partial charge is 0.319 e. The maximum atomic E-state index is 12.1. The van der Waals surface area contributed by atoms with Gasteiger partial charge in [0.25, 0.3) is 0 Å². The number of carbonyl (C=O) groups is 1. The molecule has 0 atom stereocenters. The van der Waals surface area contributed by atoms with E-state index < -0.39 is 0 Å². The van der Waals surface area contributed by atoms with E-state index in [0.29, 0.717) is 30.4 Å². The van der Waals surface area contributed by atoms with Crippen molar-refractivity contribution in [2.45, 2.75) is 20.3 Å². The number of benzene rings is 2. The van der Waals surface area contributed by atoms with E-state index >= 15 is 0 Å². The summed E-state index contributed by atoms with van der Waals surface area (Å²) in [7, 11) is 3.13. The fraction of sp³-hybridized carbons (Fsp3) is 0.350. The second-order valence-electron chi connectivity index (χ2n) is 5.68. The van der Waals surface area contributed by atoms with Crippen LogP contribution in [0.3, 0.4) is 0 Å². The van der Waals surface area contributed by atoms with Crippen molar-refractivity contribution >= 4 is 11.7 Å². The zero-order chi connectivity index (χ0) is 18.9. The van der Waals surface area contributed by atoms with Gasteiger partial charge in [0.2, 0.25) is 5.75 Å². The molecule has 2 N–H and O–H groups in total. The molecule has 0 unspecified atom stereocenters. The van der Waals surface area contributed by atoms with E-state index in [9.17, 15) is 4.79 Å². The molecule has 26 heavy (non-hydrogen) atoms. The van der Waals surface area contributed by atoms with E-state index in [0.717, 1.165) is 23.2 Å². The summed E-state index contributed by atoms with van der Waals surface area (Å²) in [6.45, 7) is 4.71. The Hall–Kier alpha value is -2.89. The first-order valence-corrected chi connectivity index (χ1v) is 8.57. The predicted molar refractivity (Wildman–Crippen MR) is 103 cm³/mol. The number of rotatable bonds is 8. The van der Waals surface area contributed by atoms with Crippen molar-refractivity contribution in [3.63, 3.8) is 0 Å². The minimum Gasteiger partial charge on any atom is -0.493 e. The van der Waals surface area contributed by atoms with Crippen LogP contribution in [-0.4, -0.2) is 33.4 Å². The van der Waals surface area contributed by atoms with Crippen LogP contribution in [0.2, 0.25) is 0 Å². The van der Waals surface area contributed by atoms with Gasteiger partial charge in [-0.1, -0.05) is 31.2 Å². The van der Waals surface area contributed by atoms with Gasteiger partial charge in [0.05, 0.1) is 20.8 Å². The van der Waals surface area contributed by atoms with Gasteiger partial charge in [0, 0.05) is 5.69 Å². The highest BCUT2D eigenvalue weighted by Crippen LogP contribution is 2.36. The topological polar surface area (TPSA) is 68.8 Å². The molecule has 2 aromatic carbocycles. The molecule has 2 amide bonds. The highest BCUT2D eigenvalue weighted by atomic mass is 16.5. The molecule has 0 saturated heterocycles. The first-order valence-electron chi connectivity index (χ1n) is 8.57. The van der Waals surface area contributed by atoms with Crippen molar-refractivity contribution in [3.8, 4) is 17.2 Å². The minimum absolute atomic E-state index is 0.254. The third-order valence-corrected chi connectivity index (χ3v) is 3.99. The molecule has 0 aliphatic heterocycles. The number of hydrogen-bond donors (Lipinski definition) is 2. The number of urea groups is 1. The maximum Gasteiger partial charge on any atom is 0.319 e. The SMILES string of the molecule is CCc1cccc(C)c1NC(=O)NCCOc1cccc(OC)c1OC. The van der Waals surface area contributed by atoms with E-state index in [1.54, 1.807) is 26.4 Å². The van der Waals surface area contributed by atoms with Gasteiger partial charge in [0.15, 0.2) is 11.5 Å². The van der Waals surface area contributed by atoms with Crippen LogP contribution in [0.15, 0.2) is 36.4 Å². The van der Waals surface area contributed by atoms with E-state index in [1.165, 1.54) is 0 Å². The Kier molecular flexibility index (Phi) is 7.14. The first-order chi connectivity index (χ1) is 12.6. The maximum absolute atomic E-state index is 12.1. The molecular formula is C20H26N2O4. The molecule has 0 aliphatic rings.